The third kappa shape index (κ3) is 5.87. The van der Waals surface area contributed by atoms with Gasteiger partial charge in [-0.3, -0.25) is 14.2 Å². The third-order valence-electron chi connectivity index (χ3n) is 4.92. The molecule has 3 rings (SSSR count). The first-order valence-electron chi connectivity index (χ1n) is 10.6. The molecule has 0 aliphatic carbocycles. The number of allylic oxidation sites excluding steroid dienone is 1. The predicted molar refractivity (Wildman–Crippen MR) is 129 cm³/mol. The molecule has 0 aliphatic rings. The highest BCUT2D eigenvalue weighted by atomic mass is 32.2. The van der Waals surface area contributed by atoms with Gasteiger partial charge in [0, 0.05) is 30.9 Å². The van der Waals surface area contributed by atoms with E-state index in [1.807, 2.05) is 13.8 Å². The zero-order valence-electron chi connectivity index (χ0n) is 18.6. The number of hydrogen-bond acceptors (Lipinski definition) is 5. The van der Waals surface area contributed by atoms with Crippen molar-refractivity contribution in [1.29, 1.82) is 0 Å². The Bertz CT molecular complexity index is 1140. The summed E-state index contributed by atoms with van der Waals surface area (Å²) in [5, 5.41) is 11.6. The molecular formula is C24H26FN5O2S. The quantitative estimate of drug-likeness (QED) is 0.351. The first-order valence-corrected chi connectivity index (χ1v) is 11.6. The summed E-state index contributed by atoms with van der Waals surface area (Å²) in [5.41, 5.74) is 1.39. The molecule has 0 bridgehead atoms. The smallest absolute Gasteiger partial charge is 0.253 e. The Labute approximate surface area is 196 Å². The fraction of sp³-hybridized carbons (Fsp3) is 0.250. The molecule has 0 spiro atoms. The largest absolute Gasteiger partial charge is 0.339 e. The number of thioether (sulfide) groups is 1. The molecule has 2 aromatic carbocycles. The molecule has 0 atom stereocenters. The molecule has 1 N–H and O–H groups in total. The lowest BCUT2D eigenvalue weighted by Gasteiger charge is -2.19. The van der Waals surface area contributed by atoms with E-state index in [1.54, 1.807) is 58.0 Å². The van der Waals surface area contributed by atoms with Crippen LogP contribution in [-0.2, 0) is 11.3 Å². The van der Waals surface area contributed by atoms with Crippen LogP contribution in [0, 0.1) is 5.82 Å². The van der Waals surface area contributed by atoms with E-state index in [1.165, 1.54) is 17.8 Å². The summed E-state index contributed by atoms with van der Waals surface area (Å²) < 4.78 is 16.0. The number of aromatic nitrogens is 3. The highest BCUT2D eigenvalue weighted by molar-refractivity contribution is 7.99. The third-order valence-corrected chi connectivity index (χ3v) is 5.89. The van der Waals surface area contributed by atoms with Crippen LogP contribution in [0.25, 0.3) is 11.4 Å². The van der Waals surface area contributed by atoms with Crippen molar-refractivity contribution in [3.05, 3.63) is 72.6 Å². The van der Waals surface area contributed by atoms with Gasteiger partial charge in [-0.25, -0.2) is 4.39 Å². The van der Waals surface area contributed by atoms with Gasteiger partial charge in [0.25, 0.3) is 5.91 Å². The van der Waals surface area contributed by atoms with E-state index in [-0.39, 0.29) is 17.6 Å². The van der Waals surface area contributed by atoms with Crippen LogP contribution < -0.4 is 5.32 Å². The lowest BCUT2D eigenvalue weighted by molar-refractivity contribution is -0.113. The van der Waals surface area contributed by atoms with E-state index in [4.69, 9.17) is 0 Å². The fourth-order valence-electron chi connectivity index (χ4n) is 3.28. The first kappa shape index (κ1) is 24.2. The summed E-state index contributed by atoms with van der Waals surface area (Å²) in [6.45, 7) is 9.19. The Morgan fingerprint density at radius 2 is 1.91 bits per heavy atom. The Hall–Kier alpha value is -3.46. The van der Waals surface area contributed by atoms with Gasteiger partial charge in [-0.1, -0.05) is 36.0 Å². The van der Waals surface area contributed by atoms with E-state index in [0.717, 1.165) is 0 Å². The summed E-state index contributed by atoms with van der Waals surface area (Å²) in [7, 11) is 0. The topological polar surface area (TPSA) is 80.1 Å². The zero-order chi connectivity index (χ0) is 23.8. The van der Waals surface area contributed by atoms with Crippen LogP contribution in [0.1, 0.15) is 24.2 Å². The average Bonchev–Trinajstić information content (AvgIpc) is 3.21. The minimum absolute atomic E-state index is 0.0702. The molecule has 33 heavy (non-hydrogen) atoms. The van der Waals surface area contributed by atoms with Crippen molar-refractivity contribution in [1.82, 2.24) is 19.7 Å². The van der Waals surface area contributed by atoms with Gasteiger partial charge in [0.1, 0.15) is 5.82 Å². The average molecular weight is 468 g/mol. The molecule has 3 aromatic rings. The SMILES string of the molecule is C=CCn1c(SCC(=O)Nc2cccc(C(=O)N(CC)CC)c2)nnc1-c1ccccc1F. The Kier molecular flexibility index (Phi) is 8.37. The lowest BCUT2D eigenvalue weighted by Crippen LogP contribution is -2.30. The Balaban J connectivity index is 1.69. The van der Waals surface area contributed by atoms with Crippen LogP contribution >= 0.6 is 11.8 Å². The second-order valence-corrected chi connectivity index (χ2v) is 8.02. The second-order valence-electron chi connectivity index (χ2n) is 7.08. The van der Waals surface area contributed by atoms with Gasteiger partial charge in [0.15, 0.2) is 11.0 Å². The number of benzene rings is 2. The molecule has 0 unspecified atom stereocenters. The van der Waals surface area contributed by atoms with E-state index >= 15 is 0 Å². The van der Waals surface area contributed by atoms with Crippen LogP contribution in [0.2, 0.25) is 0 Å². The molecule has 0 saturated carbocycles. The van der Waals surface area contributed by atoms with Gasteiger partial charge in [-0.15, -0.1) is 16.8 Å². The van der Waals surface area contributed by atoms with Crippen molar-refractivity contribution in [3.63, 3.8) is 0 Å². The maximum absolute atomic E-state index is 14.2. The van der Waals surface area contributed by atoms with Crippen molar-refractivity contribution in [2.45, 2.75) is 25.5 Å². The van der Waals surface area contributed by atoms with Crippen LogP contribution in [0.4, 0.5) is 10.1 Å². The molecule has 2 amide bonds. The number of hydrogen-bond donors (Lipinski definition) is 1. The van der Waals surface area contributed by atoms with Gasteiger partial charge in [0.05, 0.1) is 11.3 Å². The van der Waals surface area contributed by atoms with Crippen molar-refractivity contribution in [2.24, 2.45) is 0 Å². The number of carbonyl (C=O) groups excluding carboxylic acids is 2. The van der Waals surface area contributed by atoms with Crippen molar-refractivity contribution in [2.75, 3.05) is 24.2 Å². The first-order chi connectivity index (χ1) is 16.0. The molecule has 0 radical (unpaired) electrons. The number of nitrogens with one attached hydrogen (secondary N) is 1. The predicted octanol–water partition coefficient (Wildman–Crippen LogP) is 4.48. The normalized spacial score (nSPS) is 10.6. The summed E-state index contributed by atoms with van der Waals surface area (Å²) in [4.78, 5) is 26.8. The number of rotatable bonds is 10. The molecular weight excluding hydrogens is 441 g/mol. The van der Waals surface area contributed by atoms with Crippen LogP contribution in [0.3, 0.4) is 0 Å². The minimum Gasteiger partial charge on any atom is -0.339 e. The minimum atomic E-state index is -0.399. The number of carbonyl (C=O) groups is 2. The lowest BCUT2D eigenvalue weighted by atomic mass is 10.1. The monoisotopic (exact) mass is 467 g/mol. The zero-order valence-corrected chi connectivity index (χ0v) is 19.4. The molecule has 0 fully saturated rings. The number of anilines is 1. The highest BCUT2D eigenvalue weighted by Gasteiger charge is 2.18. The number of halogens is 1. The summed E-state index contributed by atoms with van der Waals surface area (Å²) in [6.07, 6.45) is 1.66. The van der Waals surface area contributed by atoms with Crippen molar-refractivity contribution < 1.29 is 14.0 Å². The van der Waals surface area contributed by atoms with Gasteiger partial charge in [-0.2, -0.15) is 0 Å². The maximum Gasteiger partial charge on any atom is 0.253 e. The molecule has 1 heterocycles. The second kappa shape index (κ2) is 11.4. The molecule has 0 aliphatic heterocycles. The molecule has 7 nitrogen and oxygen atoms in total. The van der Waals surface area contributed by atoms with E-state index in [2.05, 4.69) is 22.1 Å². The molecule has 0 saturated heterocycles. The molecule has 1 aromatic heterocycles. The van der Waals surface area contributed by atoms with Crippen LogP contribution in [0.5, 0.6) is 0 Å². The summed E-state index contributed by atoms with van der Waals surface area (Å²) in [5.74, 6) is -0.292. The molecule has 9 heteroatoms. The Morgan fingerprint density at radius 1 is 1.15 bits per heavy atom. The molecule has 172 valence electrons. The van der Waals surface area contributed by atoms with Gasteiger partial charge in [-0.05, 0) is 44.2 Å². The van der Waals surface area contributed by atoms with E-state index in [9.17, 15) is 14.0 Å². The number of nitrogens with zero attached hydrogens (tertiary/aromatic N) is 4. The highest BCUT2D eigenvalue weighted by Crippen LogP contribution is 2.26. The van der Waals surface area contributed by atoms with Crippen LogP contribution in [0.15, 0.2) is 66.3 Å². The summed E-state index contributed by atoms with van der Waals surface area (Å²) >= 11 is 1.19. The standard InChI is InChI=1S/C24H26FN5O2S/c1-4-14-30-22(19-12-7-8-13-20(19)25)27-28-24(30)33-16-21(31)26-18-11-9-10-17(15-18)23(32)29(5-2)6-3/h4,7-13,15H,1,5-6,14,16H2,2-3H3,(H,26,31). The number of amides is 2. The van der Waals surface area contributed by atoms with Crippen LogP contribution in [-0.4, -0.2) is 50.3 Å². The fourth-order valence-corrected chi connectivity index (χ4v) is 4.03. The van der Waals surface area contributed by atoms with Crippen molar-refractivity contribution in [3.8, 4) is 11.4 Å². The summed E-state index contributed by atoms with van der Waals surface area (Å²) in [6, 6.07) is 13.2. The van der Waals surface area contributed by atoms with Gasteiger partial charge >= 0.3 is 0 Å². The van der Waals surface area contributed by atoms with E-state index in [0.29, 0.717) is 47.4 Å². The van der Waals surface area contributed by atoms with Crippen molar-refractivity contribution >= 4 is 29.3 Å². The van der Waals surface area contributed by atoms with Gasteiger partial charge in [0.2, 0.25) is 5.91 Å². The maximum atomic E-state index is 14.2. The van der Waals surface area contributed by atoms with E-state index < -0.39 is 5.82 Å². The Morgan fingerprint density at radius 3 is 2.61 bits per heavy atom. The van der Waals surface area contributed by atoms with Gasteiger partial charge < -0.3 is 10.2 Å².